The maximum Gasteiger partial charge on any atom is 0.322 e. The number of urea groups is 1. The summed E-state index contributed by atoms with van der Waals surface area (Å²) in [6.07, 6.45) is 6.33. The van der Waals surface area contributed by atoms with Crippen LogP contribution in [-0.2, 0) is 19.4 Å². The molecule has 0 spiro atoms. The molecule has 178 valence electrons. The molecule has 2 aromatic heterocycles. The highest BCUT2D eigenvalue weighted by molar-refractivity contribution is 7.15. The van der Waals surface area contributed by atoms with E-state index in [4.69, 9.17) is 0 Å². The van der Waals surface area contributed by atoms with Gasteiger partial charge in [0.05, 0.1) is 12.2 Å². The molecule has 7 heteroatoms. The first kappa shape index (κ1) is 22.0. The van der Waals surface area contributed by atoms with E-state index in [-0.39, 0.29) is 6.03 Å². The molecular weight excluding hydrogens is 464 g/mol. The van der Waals surface area contributed by atoms with Crippen LogP contribution in [0.25, 0.3) is 5.00 Å². The van der Waals surface area contributed by atoms with Crippen LogP contribution >= 0.6 is 11.3 Å². The van der Waals surface area contributed by atoms with Crippen LogP contribution in [0.3, 0.4) is 0 Å². The van der Waals surface area contributed by atoms with Crippen LogP contribution in [0, 0.1) is 18.6 Å². The van der Waals surface area contributed by atoms with Gasteiger partial charge >= 0.3 is 6.03 Å². The van der Waals surface area contributed by atoms with E-state index in [1.807, 2.05) is 49.5 Å². The van der Waals surface area contributed by atoms with Gasteiger partial charge in [-0.25, -0.2) is 13.6 Å². The lowest BCUT2D eigenvalue weighted by Crippen LogP contribution is -2.38. The zero-order valence-electron chi connectivity index (χ0n) is 19.4. The predicted octanol–water partition coefficient (Wildman–Crippen LogP) is 7.14. The van der Waals surface area contributed by atoms with Crippen molar-refractivity contribution in [1.82, 2.24) is 9.47 Å². The van der Waals surface area contributed by atoms with Crippen LogP contribution in [-0.4, -0.2) is 15.5 Å². The molecule has 0 saturated heterocycles. The average molecular weight is 490 g/mol. The molecule has 0 radical (unpaired) electrons. The number of halogens is 2. The first-order chi connectivity index (χ1) is 17.0. The molecular formula is C28H25F2N3OS. The third kappa shape index (κ3) is 3.93. The van der Waals surface area contributed by atoms with E-state index in [9.17, 15) is 13.6 Å². The van der Waals surface area contributed by atoms with Crippen LogP contribution < -0.4 is 5.32 Å². The van der Waals surface area contributed by atoms with Crippen LogP contribution in [0.5, 0.6) is 0 Å². The van der Waals surface area contributed by atoms with Gasteiger partial charge in [-0.2, -0.15) is 0 Å². The minimum absolute atomic E-state index is 0.306. The van der Waals surface area contributed by atoms with Gasteiger partial charge in [-0.3, -0.25) is 0 Å². The van der Waals surface area contributed by atoms with Crippen molar-refractivity contribution in [2.24, 2.45) is 0 Å². The number of aryl methyl sites for hydroxylation is 2. The number of hydrogen-bond donors (Lipinski definition) is 1. The number of nitrogens with zero attached hydrogens (tertiary/aromatic N) is 2. The number of nitrogens with one attached hydrogen (secondary N) is 1. The first-order valence-electron chi connectivity index (χ1n) is 11.9. The summed E-state index contributed by atoms with van der Waals surface area (Å²) in [6.45, 7) is 2.35. The fourth-order valence-corrected chi connectivity index (χ4v) is 6.71. The van der Waals surface area contributed by atoms with Gasteiger partial charge in [0.15, 0.2) is 0 Å². The normalized spacial score (nSPS) is 16.8. The molecule has 0 unspecified atom stereocenters. The number of carbonyl (C=O) groups excluding carboxylic acids is 1. The lowest BCUT2D eigenvalue weighted by atomic mass is 9.95. The van der Waals surface area contributed by atoms with Gasteiger partial charge in [0.25, 0.3) is 0 Å². The van der Waals surface area contributed by atoms with Gasteiger partial charge in [0, 0.05) is 28.4 Å². The van der Waals surface area contributed by atoms with E-state index < -0.39 is 17.7 Å². The minimum atomic E-state index is -0.659. The highest BCUT2D eigenvalue weighted by Gasteiger charge is 2.36. The summed E-state index contributed by atoms with van der Waals surface area (Å²) in [7, 11) is 0. The second-order valence-electron chi connectivity index (χ2n) is 9.33. The summed E-state index contributed by atoms with van der Waals surface area (Å²) in [6, 6.07) is 14.0. The van der Waals surface area contributed by atoms with Gasteiger partial charge in [0.1, 0.15) is 22.7 Å². The molecule has 1 aliphatic heterocycles. The number of hydrogen-bond acceptors (Lipinski definition) is 2. The molecule has 0 fully saturated rings. The van der Waals surface area contributed by atoms with Crippen LogP contribution in [0.4, 0.5) is 19.3 Å². The number of amides is 2. The molecule has 2 aromatic carbocycles. The Kier molecular flexibility index (Phi) is 5.44. The van der Waals surface area contributed by atoms with E-state index in [2.05, 4.69) is 9.88 Å². The highest BCUT2D eigenvalue weighted by atomic mass is 32.1. The van der Waals surface area contributed by atoms with Crippen molar-refractivity contribution in [3.63, 3.8) is 0 Å². The fourth-order valence-electron chi connectivity index (χ4n) is 5.30. The maximum absolute atomic E-state index is 14.4. The number of carbonyl (C=O) groups is 1. The summed E-state index contributed by atoms with van der Waals surface area (Å²) in [5, 5.41) is 4.12. The molecule has 6 rings (SSSR count). The molecule has 1 N–H and O–H groups in total. The topological polar surface area (TPSA) is 37.3 Å². The highest BCUT2D eigenvalue weighted by Crippen LogP contribution is 2.44. The summed E-state index contributed by atoms with van der Waals surface area (Å²) < 4.78 is 30.8. The molecule has 1 aliphatic carbocycles. The number of rotatable bonds is 2. The Morgan fingerprint density at radius 3 is 2.51 bits per heavy atom. The smallest absolute Gasteiger partial charge is 0.310 e. The van der Waals surface area contributed by atoms with Crippen LogP contribution in [0.1, 0.15) is 51.7 Å². The van der Waals surface area contributed by atoms with E-state index in [0.717, 1.165) is 47.2 Å². The van der Waals surface area contributed by atoms with Crippen LogP contribution in [0.2, 0.25) is 0 Å². The Balaban J connectivity index is 1.51. The number of thiophene rings is 1. The third-order valence-corrected chi connectivity index (χ3v) is 8.28. The Bertz CT molecular complexity index is 1400. The molecule has 2 aliphatic rings. The monoisotopic (exact) mass is 489 g/mol. The standard InChI is InChI=1S/C28H25F2N3OS/c1-17-8-10-21(11-9-17)31-28(34)33-16-23-22-5-2-3-7-25(22)35-27(23)32-12-4-6-24(32)26(33)18-13-19(29)15-20(30)14-18/h4,6,8-15,26H,2-3,5,7,16H2,1H3,(H,31,34)/t26-/m1/s1. The van der Waals surface area contributed by atoms with Crippen molar-refractivity contribution in [2.75, 3.05) is 5.32 Å². The summed E-state index contributed by atoms with van der Waals surface area (Å²) in [5.41, 5.74) is 5.46. The zero-order valence-corrected chi connectivity index (χ0v) is 20.2. The Morgan fingerprint density at radius 2 is 1.74 bits per heavy atom. The van der Waals surface area contributed by atoms with Gasteiger partial charge in [-0.1, -0.05) is 17.7 Å². The van der Waals surface area contributed by atoms with Gasteiger partial charge < -0.3 is 14.8 Å². The van der Waals surface area contributed by atoms with E-state index >= 15 is 0 Å². The largest absolute Gasteiger partial charge is 0.322 e. The summed E-state index contributed by atoms with van der Waals surface area (Å²) in [5.74, 6) is -1.32. The van der Waals surface area contributed by atoms with Crippen molar-refractivity contribution in [3.05, 3.63) is 105 Å². The second kappa shape index (κ2) is 8.64. The number of aromatic nitrogens is 1. The lowest BCUT2D eigenvalue weighted by Gasteiger charge is -2.31. The molecule has 1 atom stereocenters. The summed E-state index contributed by atoms with van der Waals surface area (Å²) in [4.78, 5) is 16.9. The molecule has 3 heterocycles. The van der Waals surface area contributed by atoms with Crippen molar-refractivity contribution in [3.8, 4) is 5.00 Å². The molecule has 2 amide bonds. The molecule has 35 heavy (non-hydrogen) atoms. The first-order valence-corrected chi connectivity index (χ1v) is 12.7. The Labute approximate surface area is 206 Å². The quantitative estimate of drug-likeness (QED) is 0.319. The van der Waals surface area contributed by atoms with Crippen molar-refractivity contribution in [2.45, 2.75) is 45.2 Å². The van der Waals surface area contributed by atoms with Gasteiger partial charge in [0.2, 0.25) is 0 Å². The van der Waals surface area contributed by atoms with E-state index in [1.54, 1.807) is 16.2 Å². The SMILES string of the molecule is Cc1ccc(NC(=O)N2Cc3c(sc4c3CCCC4)-n3cccc3[C@H]2c2cc(F)cc(F)c2)cc1. The van der Waals surface area contributed by atoms with Crippen molar-refractivity contribution < 1.29 is 13.6 Å². The molecule has 0 bridgehead atoms. The maximum atomic E-state index is 14.4. The van der Waals surface area contributed by atoms with E-state index in [1.165, 1.54) is 29.0 Å². The van der Waals surface area contributed by atoms with E-state index in [0.29, 0.717) is 17.8 Å². The molecule has 4 aromatic rings. The lowest BCUT2D eigenvalue weighted by molar-refractivity contribution is 0.194. The summed E-state index contributed by atoms with van der Waals surface area (Å²) >= 11 is 1.78. The third-order valence-electron chi connectivity index (χ3n) is 6.94. The average Bonchev–Trinajstić information content (AvgIpc) is 3.41. The van der Waals surface area contributed by atoms with Crippen molar-refractivity contribution in [1.29, 1.82) is 0 Å². The second-order valence-corrected chi connectivity index (χ2v) is 10.4. The predicted molar refractivity (Wildman–Crippen MR) is 134 cm³/mol. The number of anilines is 1. The Hall–Kier alpha value is -3.45. The fraction of sp³-hybridized carbons (Fsp3) is 0.250. The zero-order chi connectivity index (χ0) is 24.1. The van der Waals surface area contributed by atoms with Crippen LogP contribution in [0.15, 0.2) is 60.8 Å². The van der Waals surface area contributed by atoms with Crippen molar-refractivity contribution >= 4 is 23.1 Å². The number of benzene rings is 2. The minimum Gasteiger partial charge on any atom is -0.310 e. The Morgan fingerprint density at radius 1 is 1.00 bits per heavy atom. The molecule has 0 saturated carbocycles. The van der Waals surface area contributed by atoms with Gasteiger partial charge in [-0.05, 0) is 80.1 Å². The molecule has 4 nitrogen and oxygen atoms in total. The van der Waals surface area contributed by atoms with Gasteiger partial charge in [-0.15, -0.1) is 11.3 Å². The number of fused-ring (bicyclic) bond motifs is 5.